The van der Waals surface area contributed by atoms with Crippen molar-refractivity contribution in [1.82, 2.24) is 10.3 Å². The fourth-order valence-corrected chi connectivity index (χ4v) is 2.19. The Morgan fingerprint density at radius 3 is 2.62 bits per heavy atom. The third-order valence-electron chi connectivity index (χ3n) is 3.38. The first kappa shape index (κ1) is 15.5. The quantitative estimate of drug-likeness (QED) is 0.859. The number of hydrogen-bond donors (Lipinski definition) is 1. The van der Waals surface area contributed by atoms with Crippen LogP contribution in [0.1, 0.15) is 43.5 Å². The standard InChI is InChI=1S/C18H24N2O/c1-5-14-7-6-8-16(9-14)21-18-11-15(12-19-4)10-17(20-18)13(2)3/h6-11,13,19H,5,12H2,1-4H3. The second-order valence-corrected chi connectivity index (χ2v) is 5.53. The molecule has 0 aliphatic rings. The van der Waals surface area contributed by atoms with Gasteiger partial charge in [-0.2, -0.15) is 0 Å². The van der Waals surface area contributed by atoms with Crippen LogP contribution in [0.4, 0.5) is 0 Å². The largest absolute Gasteiger partial charge is 0.439 e. The van der Waals surface area contributed by atoms with E-state index in [4.69, 9.17) is 4.74 Å². The van der Waals surface area contributed by atoms with E-state index in [-0.39, 0.29) is 0 Å². The molecule has 2 aromatic rings. The molecule has 1 aromatic carbocycles. The molecule has 0 radical (unpaired) electrons. The van der Waals surface area contributed by atoms with Gasteiger partial charge in [0, 0.05) is 18.3 Å². The number of benzene rings is 1. The van der Waals surface area contributed by atoms with Crippen molar-refractivity contribution in [3.05, 3.63) is 53.2 Å². The molecule has 0 fully saturated rings. The average molecular weight is 284 g/mol. The lowest BCUT2D eigenvalue weighted by Crippen LogP contribution is -2.07. The number of hydrogen-bond acceptors (Lipinski definition) is 3. The summed E-state index contributed by atoms with van der Waals surface area (Å²) < 4.78 is 5.96. The fraction of sp³-hybridized carbons (Fsp3) is 0.389. The second kappa shape index (κ2) is 7.23. The molecule has 1 heterocycles. The smallest absolute Gasteiger partial charge is 0.219 e. The first-order chi connectivity index (χ1) is 10.1. The molecule has 0 spiro atoms. The van der Waals surface area contributed by atoms with E-state index in [0.717, 1.165) is 24.4 Å². The van der Waals surface area contributed by atoms with Crippen molar-refractivity contribution in [2.24, 2.45) is 0 Å². The van der Waals surface area contributed by atoms with Crippen molar-refractivity contribution in [3.63, 3.8) is 0 Å². The van der Waals surface area contributed by atoms with Crippen molar-refractivity contribution in [3.8, 4) is 11.6 Å². The Hall–Kier alpha value is -1.87. The molecule has 3 heteroatoms. The maximum absolute atomic E-state index is 5.96. The molecule has 1 aromatic heterocycles. The van der Waals surface area contributed by atoms with Crippen molar-refractivity contribution < 1.29 is 4.74 Å². The van der Waals surface area contributed by atoms with Gasteiger partial charge >= 0.3 is 0 Å². The molecule has 112 valence electrons. The van der Waals surface area contributed by atoms with Gasteiger partial charge in [0.15, 0.2) is 0 Å². The number of aromatic nitrogens is 1. The molecule has 0 saturated carbocycles. The normalized spacial score (nSPS) is 10.9. The molecular formula is C18H24N2O. The Kier molecular flexibility index (Phi) is 5.34. The minimum atomic E-state index is 0.381. The molecule has 1 N–H and O–H groups in total. The van der Waals surface area contributed by atoms with Gasteiger partial charge in [-0.15, -0.1) is 0 Å². The molecule has 0 atom stereocenters. The van der Waals surface area contributed by atoms with Gasteiger partial charge in [-0.1, -0.05) is 32.9 Å². The van der Waals surface area contributed by atoms with Crippen LogP contribution in [0, 0.1) is 0 Å². The Balaban J connectivity index is 2.29. The molecule has 0 unspecified atom stereocenters. The summed E-state index contributed by atoms with van der Waals surface area (Å²) in [6.45, 7) is 7.25. The molecular weight excluding hydrogens is 260 g/mol. The van der Waals surface area contributed by atoms with Crippen molar-refractivity contribution in [2.75, 3.05) is 7.05 Å². The van der Waals surface area contributed by atoms with Gasteiger partial charge in [0.05, 0.1) is 0 Å². The third-order valence-corrected chi connectivity index (χ3v) is 3.38. The molecule has 0 amide bonds. The summed E-state index contributed by atoms with van der Waals surface area (Å²) in [5.74, 6) is 1.89. The van der Waals surface area contributed by atoms with Crippen molar-refractivity contribution in [2.45, 2.75) is 39.7 Å². The van der Waals surface area contributed by atoms with E-state index in [0.29, 0.717) is 11.8 Å². The van der Waals surface area contributed by atoms with E-state index < -0.39 is 0 Å². The zero-order valence-corrected chi connectivity index (χ0v) is 13.3. The van der Waals surface area contributed by atoms with Crippen LogP contribution in [0.2, 0.25) is 0 Å². The topological polar surface area (TPSA) is 34.1 Å². The molecule has 0 bridgehead atoms. The number of aryl methyl sites for hydroxylation is 1. The second-order valence-electron chi connectivity index (χ2n) is 5.53. The summed E-state index contributed by atoms with van der Waals surface area (Å²) in [7, 11) is 1.95. The Morgan fingerprint density at radius 1 is 1.14 bits per heavy atom. The first-order valence-electron chi connectivity index (χ1n) is 7.54. The van der Waals surface area contributed by atoms with Crippen LogP contribution >= 0.6 is 0 Å². The highest BCUT2D eigenvalue weighted by molar-refractivity contribution is 5.34. The van der Waals surface area contributed by atoms with Crippen LogP contribution in [-0.4, -0.2) is 12.0 Å². The SMILES string of the molecule is CCc1cccc(Oc2cc(CNC)cc(C(C)C)n2)c1. The first-order valence-corrected chi connectivity index (χ1v) is 7.54. The number of nitrogens with one attached hydrogen (secondary N) is 1. The summed E-state index contributed by atoms with van der Waals surface area (Å²) in [4.78, 5) is 4.62. The van der Waals surface area contributed by atoms with Crippen LogP contribution in [0.5, 0.6) is 11.6 Å². The zero-order chi connectivity index (χ0) is 15.2. The molecule has 2 rings (SSSR count). The van der Waals surface area contributed by atoms with Gasteiger partial charge in [-0.05, 0) is 48.7 Å². The Labute approximate surface area is 127 Å². The van der Waals surface area contributed by atoms with E-state index in [1.54, 1.807) is 0 Å². The summed E-state index contributed by atoms with van der Waals surface area (Å²) in [6.07, 6.45) is 1.00. The highest BCUT2D eigenvalue weighted by Gasteiger charge is 2.08. The Morgan fingerprint density at radius 2 is 1.95 bits per heavy atom. The monoisotopic (exact) mass is 284 g/mol. The molecule has 0 saturated heterocycles. The van der Waals surface area contributed by atoms with E-state index in [2.05, 4.69) is 49.3 Å². The predicted octanol–water partition coefficient (Wildman–Crippen LogP) is 4.28. The molecule has 0 aliphatic carbocycles. The lowest BCUT2D eigenvalue weighted by molar-refractivity contribution is 0.457. The Bertz CT molecular complexity index is 594. The van der Waals surface area contributed by atoms with Crippen LogP contribution in [0.25, 0.3) is 0 Å². The highest BCUT2D eigenvalue weighted by atomic mass is 16.5. The van der Waals surface area contributed by atoms with E-state index in [1.807, 2.05) is 25.2 Å². The van der Waals surface area contributed by atoms with Crippen LogP contribution in [0.3, 0.4) is 0 Å². The van der Waals surface area contributed by atoms with Crippen LogP contribution < -0.4 is 10.1 Å². The highest BCUT2D eigenvalue weighted by Crippen LogP contribution is 2.24. The van der Waals surface area contributed by atoms with Gasteiger partial charge in [0.2, 0.25) is 5.88 Å². The van der Waals surface area contributed by atoms with E-state index >= 15 is 0 Å². The lowest BCUT2D eigenvalue weighted by atomic mass is 10.1. The number of nitrogens with zero attached hydrogens (tertiary/aromatic N) is 1. The summed E-state index contributed by atoms with van der Waals surface area (Å²) in [6, 6.07) is 12.3. The molecule has 3 nitrogen and oxygen atoms in total. The lowest BCUT2D eigenvalue weighted by Gasteiger charge is -2.12. The minimum Gasteiger partial charge on any atom is -0.439 e. The van der Waals surface area contributed by atoms with Gasteiger partial charge in [0.25, 0.3) is 0 Å². The van der Waals surface area contributed by atoms with Gasteiger partial charge in [-0.25, -0.2) is 4.98 Å². The number of rotatable bonds is 6. The minimum absolute atomic E-state index is 0.381. The van der Waals surface area contributed by atoms with Crippen LogP contribution in [0.15, 0.2) is 36.4 Å². The van der Waals surface area contributed by atoms with E-state index in [9.17, 15) is 0 Å². The van der Waals surface area contributed by atoms with Gasteiger partial charge < -0.3 is 10.1 Å². The molecule has 0 aliphatic heterocycles. The van der Waals surface area contributed by atoms with Crippen molar-refractivity contribution in [1.29, 1.82) is 0 Å². The summed E-state index contributed by atoms with van der Waals surface area (Å²) >= 11 is 0. The summed E-state index contributed by atoms with van der Waals surface area (Å²) in [5, 5.41) is 3.18. The van der Waals surface area contributed by atoms with Crippen LogP contribution in [-0.2, 0) is 13.0 Å². The maximum atomic E-state index is 5.96. The number of ether oxygens (including phenoxy) is 1. The van der Waals surface area contributed by atoms with Gasteiger partial charge in [0.1, 0.15) is 5.75 Å². The predicted molar refractivity (Wildman–Crippen MR) is 87.0 cm³/mol. The maximum Gasteiger partial charge on any atom is 0.219 e. The van der Waals surface area contributed by atoms with Crippen molar-refractivity contribution >= 4 is 0 Å². The van der Waals surface area contributed by atoms with Gasteiger partial charge in [-0.3, -0.25) is 0 Å². The fourth-order valence-electron chi connectivity index (χ4n) is 2.19. The average Bonchev–Trinajstić information content (AvgIpc) is 2.47. The zero-order valence-electron chi connectivity index (χ0n) is 13.3. The third kappa shape index (κ3) is 4.30. The van der Waals surface area contributed by atoms with E-state index in [1.165, 1.54) is 11.1 Å². The summed E-state index contributed by atoms with van der Waals surface area (Å²) in [5.41, 5.74) is 3.52. The number of pyridine rings is 1. The molecule has 21 heavy (non-hydrogen) atoms.